The number of hydrogen-bond acceptors (Lipinski definition) is 3. The van der Waals surface area contributed by atoms with Gasteiger partial charge in [0.1, 0.15) is 0 Å². The fourth-order valence-electron chi connectivity index (χ4n) is 1.46. The van der Waals surface area contributed by atoms with Crippen LogP contribution in [0.3, 0.4) is 0 Å². The van der Waals surface area contributed by atoms with Crippen LogP contribution in [0.5, 0.6) is 0 Å². The molecule has 18 heavy (non-hydrogen) atoms. The maximum Gasteiger partial charge on any atom is 0.251 e. The molecule has 0 unspecified atom stereocenters. The van der Waals surface area contributed by atoms with Crippen LogP contribution >= 0.6 is 15.9 Å². The lowest BCUT2D eigenvalue weighted by Gasteiger charge is -2.26. The molecule has 0 radical (unpaired) electrons. The Labute approximate surface area is 113 Å². The Hall–Kier alpha value is -1.40. The molecule has 0 spiro atoms. The minimum Gasteiger partial charge on any atom is -0.377 e. The van der Waals surface area contributed by atoms with E-state index in [1.165, 1.54) is 0 Å². The number of halogens is 1. The van der Waals surface area contributed by atoms with Crippen molar-refractivity contribution < 1.29 is 14.3 Å². The molecular formula is C12H13BrN2O3. The number of carbonyl (C=O) groups is 2. The molecule has 1 fully saturated rings. The van der Waals surface area contributed by atoms with Gasteiger partial charge in [0.15, 0.2) is 0 Å². The molecule has 0 aliphatic carbocycles. The molecule has 2 amide bonds. The molecule has 5 nitrogen and oxygen atoms in total. The number of ether oxygens (including phenoxy) is 1. The van der Waals surface area contributed by atoms with Crippen molar-refractivity contribution in [1.82, 2.24) is 10.6 Å². The van der Waals surface area contributed by atoms with Gasteiger partial charge in [-0.3, -0.25) is 9.59 Å². The highest BCUT2D eigenvalue weighted by atomic mass is 79.9. The van der Waals surface area contributed by atoms with E-state index in [4.69, 9.17) is 4.74 Å². The van der Waals surface area contributed by atoms with Crippen LogP contribution in [-0.4, -0.2) is 37.6 Å². The summed E-state index contributed by atoms with van der Waals surface area (Å²) in [6.45, 7) is 1.07. The van der Waals surface area contributed by atoms with Gasteiger partial charge in [0, 0.05) is 10.0 Å². The van der Waals surface area contributed by atoms with Crippen molar-refractivity contribution in [2.45, 2.75) is 6.04 Å². The summed E-state index contributed by atoms with van der Waals surface area (Å²) >= 11 is 3.29. The highest BCUT2D eigenvalue weighted by Gasteiger charge is 2.20. The molecule has 0 atom stereocenters. The third-order valence-corrected chi connectivity index (χ3v) is 3.05. The fourth-order valence-corrected chi connectivity index (χ4v) is 1.73. The Morgan fingerprint density at radius 2 is 1.94 bits per heavy atom. The fraction of sp³-hybridized carbons (Fsp3) is 0.333. The Morgan fingerprint density at radius 1 is 1.28 bits per heavy atom. The van der Waals surface area contributed by atoms with Gasteiger partial charge < -0.3 is 15.4 Å². The van der Waals surface area contributed by atoms with Gasteiger partial charge in [0.2, 0.25) is 5.91 Å². The molecule has 1 heterocycles. The number of nitrogens with one attached hydrogen (secondary N) is 2. The van der Waals surface area contributed by atoms with Gasteiger partial charge in [0.25, 0.3) is 5.91 Å². The zero-order valence-electron chi connectivity index (χ0n) is 9.61. The second kappa shape index (κ2) is 5.97. The van der Waals surface area contributed by atoms with E-state index in [9.17, 15) is 9.59 Å². The second-order valence-corrected chi connectivity index (χ2v) is 4.91. The van der Waals surface area contributed by atoms with Gasteiger partial charge in [-0.1, -0.05) is 15.9 Å². The molecule has 2 N–H and O–H groups in total. The summed E-state index contributed by atoms with van der Waals surface area (Å²) in [4.78, 5) is 23.1. The molecule has 2 rings (SSSR count). The van der Waals surface area contributed by atoms with E-state index >= 15 is 0 Å². The maximum atomic E-state index is 11.7. The first-order valence-electron chi connectivity index (χ1n) is 5.56. The molecule has 6 heteroatoms. The highest BCUT2D eigenvalue weighted by Crippen LogP contribution is 2.10. The zero-order chi connectivity index (χ0) is 13.0. The summed E-state index contributed by atoms with van der Waals surface area (Å²) in [5.41, 5.74) is 0.526. The Morgan fingerprint density at radius 3 is 2.50 bits per heavy atom. The van der Waals surface area contributed by atoms with Crippen LogP contribution in [0.1, 0.15) is 10.4 Å². The van der Waals surface area contributed by atoms with Crippen LogP contribution in [0, 0.1) is 0 Å². The Bertz CT molecular complexity index is 443. The van der Waals surface area contributed by atoms with Crippen LogP contribution in [0.25, 0.3) is 0 Å². The minimum atomic E-state index is -0.262. The van der Waals surface area contributed by atoms with Gasteiger partial charge in [-0.25, -0.2) is 0 Å². The van der Waals surface area contributed by atoms with Crippen LogP contribution in [0.2, 0.25) is 0 Å². The molecule has 1 aromatic carbocycles. The largest absolute Gasteiger partial charge is 0.377 e. The van der Waals surface area contributed by atoms with Crippen LogP contribution in [-0.2, 0) is 9.53 Å². The molecule has 1 aromatic rings. The third kappa shape index (κ3) is 3.54. The number of carbonyl (C=O) groups excluding carboxylic acids is 2. The average Bonchev–Trinajstić information content (AvgIpc) is 2.32. The summed E-state index contributed by atoms with van der Waals surface area (Å²) < 4.78 is 5.84. The van der Waals surface area contributed by atoms with Crippen molar-refractivity contribution >= 4 is 27.7 Å². The first-order valence-corrected chi connectivity index (χ1v) is 6.35. The minimum absolute atomic E-state index is 0.0224. The smallest absolute Gasteiger partial charge is 0.251 e. The number of benzene rings is 1. The normalized spacial score (nSPS) is 14.7. The summed E-state index contributed by atoms with van der Waals surface area (Å²) in [6, 6.07) is 7.03. The Kier molecular flexibility index (Phi) is 4.33. The lowest BCUT2D eigenvalue weighted by molar-refractivity contribution is -0.124. The van der Waals surface area contributed by atoms with E-state index in [0.29, 0.717) is 18.8 Å². The van der Waals surface area contributed by atoms with E-state index < -0.39 is 0 Å². The van der Waals surface area contributed by atoms with Crippen molar-refractivity contribution in [3.05, 3.63) is 34.3 Å². The summed E-state index contributed by atoms with van der Waals surface area (Å²) in [6.07, 6.45) is 0. The number of amides is 2. The quantitative estimate of drug-likeness (QED) is 0.860. The molecule has 0 saturated carbocycles. The first-order chi connectivity index (χ1) is 8.65. The summed E-state index contributed by atoms with van der Waals surface area (Å²) in [5, 5.41) is 5.31. The van der Waals surface area contributed by atoms with Gasteiger partial charge in [0.05, 0.1) is 25.8 Å². The molecule has 1 saturated heterocycles. The molecule has 0 bridgehead atoms. The maximum absolute atomic E-state index is 11.7. The number of hydrogen-bond donors (Lipinski definition) is 2. The topological polar surface area (TPSA) is 67.4 Å². The van der Waals surface area contributed by atoms with Gasteiger partial charge in [-0.15, -0.1) is 0 Å². The predicted octanol–water partition coefficient (Wildman–Crippen LogP) is 0.694. The summed E-state index contributed by atoms with van der Waals surface area (Å²) in [5.74, 6) is -0.462. The zero-order valence-corrected chi connectivity index (χ0v) is 11.2. The summed E-state index contributed by atoms with van der Waals surface area (Å²) in [7, 11) is 0. The van der Waals surface area contributed by atoms with Crippen molar-refractivity contribution in [3.8, 4) is 0 Å². The molecule has 1 aliphatic rings. The molecular weight excluding hydrogens is 300 g/mol. The average molecular weight is 313 g/mol. The SMILES string of the molecule is O=C(CNC(=O)c1ccc(Br)cc1)NC1COC1. The second-order valence-electron chi connectivity index (χ2n) is 3.99. The monoisotopic (exact) mass is 312 g/mol. The molecule has 0 aromatic heterocycles. The lowest BCUT2D eigenvalue weighted by atomic mass is 10.2. The standard InChI is InChI=1S/C12H13BrN2O3/c13-9-3-1-8(2-4-9)12(17)14-5-11(16)15-10-6-18-7-10/h1-4,10H,5-7H2,(H,14,17)(H,15,16). The van der Waals surface area contributed by atoms with Crippen LogP contribution in [0.15, 0.2) is 28.7 Å². The van der Waals surface area contributed by atoms with E-state index in [-0.39, 0.29) is 24.4 Å². The lowest BCUT2D eigenvalue weighted by Crippen LogP contribution is -2.51. The van der Waals surface area contributed by atoms with E-state index in [0.717, 1.165) is 4.47 Å². The Balaban J connectivity index is 1.76. The van der Waals surface area contributed by atoms with Gasteiger partial charge in [-0.05, 0) is 24.3 Å². The number of rotatable bonds is 4. The predicted molar refractivity (Wildman–Crippen MR) is 69.2 cm³/mol. The van der Waals surface area contributed by atoms with Crippen molar-refractivity contribution in [2.24, 2.45) is 0 Å². The van der Waals surface area contributed by atoms with Crippen molar-refractivity contribution in [2.75, 3.05) is 19.8 Å². The van der Waals surface area contributed by atoms with Crippen LogP contribution < -0.4 is 10.6 Å². The first kappa shape index (κ1) is 13.0. The van der Waals surface area contributed by atoms with E-state index in [1.807, 2.05) is 0 Å². The third-order valence-electron chi connectivity index (χ3n) is 2.52. The van der Waals surface area contributed by atoms with E-state index in [2.05, 4.69) is 26.6 Å². The van der Waals surface area contributed by atoms with E-state index in [1.54, 1.807) is 24.3 Å². The molecule has 96 valence electrons. The van der Waals surface area contributed by atoms with Gasteiger partial charge >= 0.3 is 0 Å². The van der Waals surface area contributed by atoms with Gasteiger partial charge in [-0.2, -0.15) is 0 Å². The highest BCUT2D eigenvalue weighted by molar-refractivity contribution is 9.10. The van der Waals surface area contributed by atoms with Crippen LogP contribution in [0.4, 0.5) is 0 Å². The van der Waals surface area contributed by atoms with Crippen molar-refractivity contribution in [1.29, 1.82) is 0 Å². The van der Waals surface area contributed by atoms with Crippen molar-refractivity contribution in [3.63, 3.8) is 0 Å². The molecule has 1 aliphatic heterocycles.